The molecule has 3 aromatic rings. The first-order valence-electron chi connectivity index (χ1n) is 9.41. The van der Waals surface area contributed by atoms with Gasteiger partial charge in [0.05, 0.1) is 15.5 Å². The Hall–Kier alpha value is -3.56. The van der Waals surface area contributed by atoms with E-state index in [1.54, 1.807) is 24.3 Å². The highest BCUT2D eigenvalue weighted by molar-refractivity contribution is 8.27. The SMILES string of the molecule is O=C1/C(=C\c2ccccc2OCc2ccc(F)cc2)SC(=S)N1c1ccc([N+](=O)[O-])cc1. The Bertz CT molecular complexity index is 1230. The predicted molar refractivity (Wildman–Crippen MR) is 126 cm³/mol. The lowest BCUT2D eigenvalue weighted by atomic mass is 10.1. The summed E-state index contributed by atoms with van der Waals surface area (Å²) in [6.45, 7) is 0.245. The normalized spacial score (nSPS) is 14.8. The molecule has 0 atom stereocenters. The van der Waals surface area contributed by atoms with E-state index in [1.165, 1.54) is 41.3 Å². The smallest absolute Gasteiger partial charge is 0.270 e. The maximum atomic E-state index is 13.1. The van der Waals surface area contributed by atoms with Gasteiger partial charge in [-0.3, -0.25) is 19.8 Å². The first-order chi connectivity index (χ1) is 15.4. The number of carbonyl (C=O) groups is 1. The van der Waals surface area contributed by atoms with E-state index < -0.39 is 4.92 Å². The van der Waals surface area contributed by atoms with Gasteiger partial charge in [-0.2, -0.15) is 0 Å². The van der Waals surface area contributed by atoms with Crippen LogP contribution in [0.1, 0.15) is 11.1 Å². The van der Waals surface area contributed by atoms with Crippen LogP contribution in [-0.4, -0.2) is 15.2 Å². The Morgan fingerprint density at radius 1 is 1.06 bits per heavy atom. The van der Waals surface area contributed by atoms with Crippen LogP contribution in [0.5, 0.6) is 5.75 Å². The van der Waals surface area contributed by atoms with Crippen molar-refractivity contribution in [3.63, 3.8) is 0 Å². The molecule has 0 N–H and O–H groups in total. The molecule has 1 fully saturated rings. The number of nitrogens with zero attached hydrogens (tertiary/aromatic N) is 2. The predicted octanol–water partition coefficient (Wildman–Crippen LogP) is 5.72. The third kappa shape index (κ3) is 4.68. The van der Waals surface area contributed by atoms with E-state index in [-0.39, 0.29) is 24.0 Å². The minimum atomic E-state index is -0.503. The number of nitro groups is 1. The number of hydrogen-bond donors (Lipinski definition) is 0. The first kappa shape index (κ1) is 21.7. The summed E-state index contributed by atoms with van der Waals surface area (Å²) in [5.41, 5.74) is 1.90. The molecule has 3 aromatic carbocycles. The van der Waals surface area contributed by atoms with Gasteiger partial charge in [-0.15, -0.1) is 0 Å². The molecule has 1 saturated heterocycles. The second-order valence-electron chi connectivity index (χ2n) is 6.74. The third-order valence-corrected chi connectivity index (χ3v) is 5.93. The van der Waals surface area contributed by atoms with Gasteiger partial charge in [0.2, 0.25) is 0 Å². The van der Waals surface area contributed by atoms with Crippen LogP contribution in [0.4, 0.5) is 15.8 Å². The molecule has 1 aliphatic rings. The second-order valence-corrected chi connectivity index (χ2v) is 8.42. The number of para-hydroxylation sites is 1. The Kier molecular flexibility index (Phi) is 6.29. The van der Waals surface area contributed by atoms with Gasteiger partial charge in [0.1, 0.15) is 18.2 Å². The van der Waals surface area contributed by atoms with Crippen LogP contribution >= 0.6 is 24.0 Å². The van der Waals surface area contributed by atoms with E-state index >= 15 is 0 Å². The van der Waals surface area contributed by atoms with Crippen molar-refractivity contribution in [2.75, 3.05) is 4.90 Å². The van der Waals surface area contributed by atoms with E-state index in [9.17, 15) is 19.3 Å². The fraction of sp³-hybridized carbons (Fsp3) is 0.0435. The molecule has 0 unspecified atom stereocenters. The molecular weight excluding hydrogens is 451 g/mol. The minimum Gasteiger partial charge on any atom is -0.488 e. The Labute approximate surface area is 192 Å². The zero-order valence-corrected chi connectivity index (χ0v) is 18.1. The van der Waals surface area contributed by atoms with Gasteiger partial charge >= 0.3 is 0 Å². The summed E-state index contributed by atoms with van der Waals surface area (Å²) in [7, 11) is 0. The zero-order valence-electron chi connectivity index (χ0n) is 16.4. The molecule has 32 heavy (non-hydrogen) atoms. The van der Waals surface area contributed by atoms with Crippen LogP contribution < -0.4 is 9.64 Å². The first-order valence-corrected chi connectivity index (χ1v) is 10.6. The number of rotatable bonds is 6. The molecular formula is C23H15FN2O4S2. The Morgan fingerprint density at radius 3 is 2.44 bits per heavy atom. The van der Waals surface area contributed by atoms with Gasteiger partial charge in [0.15, 0.2) is 4.32 Å². The summed E-state index contributed by atoms with van der Waals surface area (Å²) >= 11 is 6.51. The number of thioether (sulfide) groups is 1. The number of hydrogen-bond acceptors (Lipinski definition) is 6. The van der Waals surface area contributed by atoms with Crippen molar-refractivity contribution in [2.45, 2.75) is 6.61 Å². The number of amides is 1. The second kappa shape index (κ2) is 9.29. The van der Waals surface area contributed by atoms with Crippen LogP contribution in [0.25, 0.3) is 6.08 Å². The number of thiocarbonyl (C=S) groups is 1. The summed E-state index contributed by atoms with van der Waals surface area (Å²) in [6.07, 6.45) is 1.70. The molecule has 0 radical (unpaired) electrons. The van der Waals surface area contributed by atoms with E-state index in [4.69, 9.17) is 17.0 Å². The van der Waals surface area contributed by atoms with Gasteiger partial charge in [-0.1, -0.05) is 54.3 Å². The van der Waals surface area contributed by atoms with Crippen molar-refractivity contribution in [3.05, 3.63) is 105 Å². The average Bonchev–Trinajstić information content (AvgIpc) is 3.07. The van der Waals surface area contributed by atoms with E-state index in [2.05, 4.69) is 0 Å². The maximum absolute atomic E-state index is 13.1. The quantitative estimate of drug-likeness (QED) is 0.200. The summed E-state index contributed by atoms with van der Waals surface area (Å²) in [5.74, 6) is -0.0659. The van der Waals surface area contributed by atoms with Gasteiger partial charge in [-0.05, 0) is 42.0 Å². The molecule has 1 amide bonds. The van der Waals surface area contributed by atoms with Crippen LogP contribution in [-0.2, 0) is 11.4 Å². The highest BCUT2D eigenvalue weighted by atomic mass is 32.2. The van der Waals surface area contributed by atoms with E-state index in [0.29, 0.717) is 26.2 Å². The molecule has 1 aliphatic heterocycles. The van der Waals surface area contributed by atoms with Crippen LogP contribution in [0.3, 0.4) is 0 Å². The van der Waals surface area contributed by atoms with Crippen molar-refractivity contribution in [2.24, 2.45) is 0 Å². The molecule has 4 rings (SSSR count). The fourth-order valence-electron chi connectivity index (χ4n) is 3.03. The highest BCUT2D eigenvalue weighted by Crippen LogP contribution is 2.37. The monoisotopic (exact) mass is 466 g/mol. The summed E-state index contributed by atoms with van der Waals surface area (Å²) < 4.78 is 19.3. The Balaban J connectivity index is 1.55. The van der Waals surface area contributed by atoms with Gasteiger partial charge in [0, 0.05) is 17.7 Å². The fourth-order valence-corrected chi connectivity index (χ4v) is 4.32. The maximum Gasteiger partial charge on any atom is 0.270 e. The lowest BCUT2D eigenvalue weighted by Gasteiger charge is -2.14. The largest absolute Gasteiger partial charge is 0.488 e. The lowest BCUT2D eigenvalue weighted by molar-refractivity contribution is -0.384. The van der Waals surface area contributed by atoms with Crippen molar-refractivity contribution in [3.8, 4) is 5.75 Å². The molecule has 9 heteroatoms. The molecule has 0 aliphatic carbocycles. The third-order valence-electron chi connectivity index (χ3n) is 4.63. The number of anilines is 1. The molecule has 160 valence electrons. The molecule has 6 nitrogen and oxygen atoms in total. The van der Waals surface area contributed by atoms with Crippen molar-refractivity contribution in [1.82, 2.24) is 0 Å². The number of halogens is 1. The lowest BCUT2D eigenvalue weighted by Crippen LogP contribution is -2.27. The molecule has 0 bridgehead atoms. The van der Waals surface area contributed by atoms with Crippen molar-refractivity contribution >= 4 is 51.7 Å². The minimum absolute atomic E-state index is 0.0676. The number of ether oxygens (including phenoxy) is 1. The molecule has 0 saturated carbocycles. The van der Waals surface area contributed by atoms with Crippen molar-refractivity contribution < 1.29 is 18.8 Å². The van der Waals surface area contributed by atoms with Gasteiger partial charge in [0.25, 0.3) is 11.6 Å². The van der Waals surface area contributed by atoms with Crippen molar-refractivity contribution in [1.29, 1.82) is 0 Å². The summed E-state index contributed by atoms with van der Waals surface area (Å²) in [5, 5.41) is 10.9. The van der Waals surface area contributed by atoms with E-state index in [1.807, 2.05) is 18.2 Å². The van der Waals surface area contributed by atoms with Gasteiger partial charge < -0.3 is 4.74 Å². The molecule has 0 spiro atoms. The average molecular weight is 467 g/mol. The van der Waals surface area contributed by atoms with Crippen LogP contribution in [0.2, 0.25) is 0 Å². The number of nitro benzene ring substituents is 1. The molecule has 0 aromatic heterocycles. The standard InChI is InChI=1S/C23H15FN2O4S2/c24-17-7-5-15(6-8-17)14-30-20-4-2-1-3-16(20)13-21-22(27)25(23(31)32-21)18-9-11-19(12-10-18)26(28)29/h1-13H,14H2/b21-13+. The number of non-ortho nitro benzene ring substituents is 1. The van der Waals surface area contributed by atoms with Crippen LogP contribution in [0, 0.1) is 15.9 Å². The van der Waals surface area contributed by atoms with Gasteiger partial charge in [-0.25, -0.2) is 4.39 Å². The number of benzene rings is 3. The summed E-state index contributed by atoms with van der Waals surface area (Å²) in [4.78, 5) is 25.1. The molecule has 1 heterocycles. The highest BCUT2D eigenvalue weighted by Gasteiger charge is 2.33. The van der Waals surface area contributed by atoms with E-state index in [0.717, 1.165) is 17.3 Å². The number of carbonyl (C=O) groups excluding carboxylic acids is 1. The topological polar surface area (TPSA) is 72.7 Å². The Morgan fingerprint density at radius 2 is 1.75 bits per heavy atom. The zero-order chi connectivity index (χ0) is 22.7. The summed E-state index contributed by atoms with van der Waals surface area (Å²) in [6, 6.07) is 18.9. The van der Waals surface area contributed by atoms with Crippen LogP contribution in [0.15, 0.2) is 77.7 Å².